The third kappa shape index (κ3) is 3.65. The van der Waals surface area contributed by atoms with Gasteiger partial charge in [-0.25, -0.2) is 0 Å². The van der Waals surface area contributed by atoms with Gasteiger partial charge in [0.25, 0.3) is 0 Å². The Kier molecular flexibility index (Phi) is 5.38. The van der Waals surface area contributed by atoms with Crippen LogP contribution in [0.2, 0.25) is 0 Å². The maximum Gasteiger partial charge on any atom is 0.0445 e. The second kappa shape index (κ2) is 7.04. The lowest BCUT2D eigenvalue weighted by Gasteiger charge is -1.94. The number of aryl methyl sites for hydroxylation is 2. The van der Waals surface area contributed by atoms with Crippen LogP contribution in [0.15, 0.2) is 24.3 Å². The Morgan fingerprint density at radius 2 is 1.17 bits per heavy atom. The van der Waals surface area contributed by atoms with Crippen LogP contribution < -0.4 is 11.5 Å². The first-order valence-electron chi connectivity index (χ1n) is 6.41. The Balaban J connectivity index is 2.01. The molecule has 2 nitrogen and oxygen atoms in total. The zero-order chi connectivity index (χ0) is 12.8. The first-order valence-corrected chi connectivity index (χ1v) is 8.04. The topological polar surface area (TPSA) is 52.0 Å². The van der Waals surface area contributed by atoms with Crippen LogP contribution in [0.5, 0.6) is 0 Å². The molecule has 0 saturated heterocycles. The summed E-state index contributed by atoms with van der Waals surface area (Å²) < 4.78 is 0. The van der Waals surface area contributed by atoms with E-state index in [4.69, 9.17) is 11.5 Å². The van der Waals surface area contributed by atoms with E-state index in [0.717, 1.165) is 38.8 Å². The van der Waals surface area contributed by atoms with Crippen molar-refractivity contribution in [3.05, 3.63) is 34.0 Å². The molecule has 0 aliphatic carbocycles. The van der Waals surface area contributed by atoms with E-state index in [1.54, 1.807) is 0 Å². The molecule has 0 spiro atoms. The summed E-state index contributed by atoms with van der Waals surface area (Å²) in [6, 6.07) is 8.92. The highest BCUT2D eigenvalue weighted by atomic mass is 32.1. The molecule has 0 aliphatic rings. The molecule has 4 N–H and O–H groups in total. The fraction of sp³-hybridized carbons (Fsp3) is 0.429. The highest BCUT2D eigenvalue weighted by Gasteiger charge is 2.06. The fourth-order valence-corrected chi connectivity index (χ4v) is 4.03. The van der Waals surface area contributed by atoms with E-state index >= 15 is 0 Å². The second-order valence-electron chi connectivity index (χ2n) is 4.32. The van der Waals surface area contributed by atoms with Crippen LogP contribution in [-0.4, -0.2) is 13.1 Å². The van der Waals surface area contributed by atoms with Gasteiger partial charge in [-0.3, -0.25) is 0 Å². The van der Waals surface area contributed by atoms with Gasteiger partial charge in [0.1, 0.15) is 0 Å². The minimum Gasteiger partial charge on any atom is -0.330 e. The lowest BCUT2D eigenvalue weighted by molar-refractivity contribution is 0.843. The third-order valence-corrected chi connectivity index (χ3v) is 5.31. The second-order valence-corrected chi connectivity index (χ2v) is 6.65. The smallest absolute Gasteiger partial charge is 0.0445 e. The van der Waals surface area contributed by atoms with E-state index in [0.29, 0.717) is 0 Å². The Morgan fingerprint density at radius 1 is 0.722 bits per heavy atom. The number of hydrogen-bond acceptors (Lipinski definition) is 4. The van der Waals surface area contributed by atoms with Crippen LogP contribution >= 0.6 is 22.7 Å². The zero-order valence-electron chi connectivity index (χ0n) is 10.5. The molecule has 2 rings (SSSR count). The van der Waals surface area contributed by atoms with Crippen LogP contribution in [0.1, 0.15) is 22.6 Å². The minimum atomic E-state index is 0.773. The van der Waals surface area contributed by atoms with Gasteiger partial charge >= 0.3 is 0 Å². The number of hydrogen-bond donors (Lipinski definition) is 2. The van der Waals surface area contributed by atoms with Crippen molar-refractivity contribution in [3.63, 3.8) is 0 Å². The SMILES string of the molecule is NCCCc1ccc(-c2ccc(CCCN)s2)s1. The summed E-state index contributed by atoms with van der Waals surface area (Å²) in [6.07, 6.45) is 4.36. The Bertz CT molecular complexity index is 429. The first-order chi connectivity index (χ1) is 8.83. The van der Waals surface area contributed by atoms with Crippen LogP contribution in [-0.2, 0) is 12.8 Å². The number of nitrogens with two attached hydrogens (primary N) is 2. The molecule has 2 heterocycles. The molecule has 0 fully saturated rings. The van der Waals surface area contributed by atoms with Crippen molar-refractivity contribution in [2.24, 2.45) is 11.5 Å². The van der Waals surface area contributed by atoms with Crippen molar-refractivity contribution < 1.29 is 0 Å². The predicted octanol–water partition coefficient (Wildman–Crippen LogP) is 3.26. The molecule has 98 valence electrons. The molecule has 0 bridgehead atoms. The van der Waals surface area contributed by atoms with E-state index < -0.39 is 0 Å². The van der Waals surface area contributed by atoms with Gasteiger partial charge in [-0.1, -0.05) is 0 Å². The van der Waals surface area contributed by atoms with Crippen molar-refractivity contribution in [2.75, 3.05) is 13.1 Å². The van der Waals surface area contributed by atoms with Gasteiger partial charge in [0.2, 0.25) is 0 Å². The van der Waals surface area contributed by atoms with Gasteiger partial charge in [0.15, 0.2) is 0 Å². The summed E-state index contributed by atoms with van der Waals surface area (Å²) in [6.45, 7) is 1.55. The molecule has 0 radical (unpaired) electrons. The molecule has 18 heavy (non-hydrogen) atoms. The van der Waals surface area contributed by atoms with Gasteiger partial charge in [-0.15, -0.1) is 22.7 Å². The summed E-state index contributed by atoms with van der Waals surface area (Å²) in [5.41, 5.74) is 11.1. The molecule has 0 unspecified atom stereocenters. The van der Waals surface area contributed by atoms with E-state index in [2.05, 4.69) is 24.3 Å². The lowest BCUT2D eigenvalue weighted by Crippen LogP contribution is -1.99. The van der Waals surface area contributed by atoms with Gasteiger partial charge in [0.05, 0.1) is 0 Å². The monoisotopic (exact) mass is 280 g/mol. The summed E-state index contributed by atoms with van der Waals surface area (Å²) in [7, 11) is 0. The van der Waals surface area contributed by atoms with E-state index in [-0.39, 0.29) is 0 Å². The Hall–Kier alpha value is -0.680. The molecule has 0 atom stereocenters. The van der Waals surface area contributed by atoms with Crippen LogP contribution in [0.25, 0.3) is 9.75 Å². The van der Waals surface area contributed by atoms with Crippen molar-refractivity contribution >= 4 is 22.7 Å². The summed E-state index contributed by atoms with van der Waals surface area (Å²) in [5.74, 6) is 0. The van der Waals surface area contributed by atoms with Crippen molar-refractivity contribution in [1.82, 2.24) is 0 Å². The molecular weight excluding hydrogens is 260 g/mol. The standard InChI is InChI=1S/C14H20N2S2/c15-9-1-3-11-5-7-13(17-11)14-8-6-12(18-14)4-2-10-16/h5-8H,1-4,9-10,15-16H2. The highest BCUT2D eigenvalue weighted by molar-refractivity contribution is 7.22. The largest absolute Gasteiger partial charge is 0.330 e. The normalized spacial score (nSPS) is 11.0. The summed E-state index contributed by atoms with van der Waals surface area (Å²) in [4.78, 5) is 5.64. The summed E-state index contributed by atoms with van der Waals surface area (Å²) in [5, 5.41) is 0. The maximum absolute atomic E-state index is 5.54. The minimum absolute atomic E-state index is 0.773. The van der Waals surface area contributed by atoms with Gasteiger partial charge in [-0.2, -0.15) is 0 Å². The van der Waals surface area contributed by atoms with Gasteiger partial charge < -0.3 is 11.5 Å². The molecule has 0 saturated carbocycles. The van der Waals surface area contributed by atoms with Gasteiger partial charge in [-0.05, 0) is 63.0 Å². The van der Waals surface area contributed by atoms with E-state index in [9.17, 15) is 0 Å². The zero-order valence-corrected chi connectivity index (χ0v) is 12.2. The predicted molar refractivity (Wildman–Crippen MR) is 82.4 cm³/mol. The molecule has 0 aromatic carbocycles. The summed E-state index contributed by atoms with van der Waals surface area (Å²) >= 11 is 3.79. The van der Waals surface area contributed by atoms with Crippen molar-refractivity contribution in [2.45, 2.75) is 25.7 Å². The first kappa shape index (κ1) is 13.7. The average molecular weight is 280 g/mol. The molecule has 2 aromatic heterocycles. The van der Waals surface area contributed by atoms with Crippen LogP contribution in [0, 0.1) is 0 Å². The molecule has 2 aromatic rings. The Morgan fingerprint density at radius 3 is 1.56 bits per heavy atom. The average Bonchev–Trinajstić information content (AvgIpc) is 3.02. The number of rotatable bonds is 7. The van der Waals surface area contributed by atoms with Crippen molar-refractivity contribution in [1.29, 1.82) is 0 Å². The lowest BCUT2D eigenvalue weighted by atomic mass is 10.2. The highest BCUT2D eigenvalue weighted by Crippen LogP contribution is 2.34. The van der Waals surface area contributed by atoms with Crippen LogP contribution in [0.4, 0.5) is 0 Å². The molecular formula is C14H20N2S2. The third-order valence-electron chi connectivity index (χ3n) is 2.82. The van der Waals surface area contributed by atoms with E-state index in [1.165, 1.54) is 19.5 Å². The van der Waals surface area contributed by atoms with E-state index in [1.807, 2.05) is 22.7 Å². The molecule has 4 heteroatoms. The Labute approximate surface area is 117 Å². The van der Waals surface area contributed by atoms with Gasteiger partial charge in [0, 0.05) is 19.5 Å². The van der Waals surface area contributed by atoms with Crippen LogP contribution in [0.3, 0.4) is 0 Å². The van der Waals surface area contributed by atoms with Crippen molar-refractivity contribution in [3.8, 4) is 9.75 Å². The number of thiophene rings is 2. The maximum atomic E-state index is 5.54. The quantitative estimate of drug-likeness (QED) is 0.818. The fourth-order valence-electron chi connectivity index (χ4n) is 1.84. The molecule has 0 amide bonds. The molecule has 0 aliphatic heterocycles.